The van der Waals surface area contributed by atoms with Crippen molar-refractivity contribution < 1.29 is 18.7 Å². The fraction of sp³-hybridized carbons (Fsp3) is 0.350. The summed E-state index contributed by atoms with van der Waals surface area (Å²) in [5.74, 6) is -0.939. The Balaban J connectivity index is 1.58. The summed E-state index contributed by atoms with van der Waals surface area (Å²) in [6.45, 7) is 1.48. The lowest BCUT2D eigenvalue weighted by molar-refractivity contribution is -0.157. The van der Waals surface area contributed by atoms with E-state index in [1.54, 1.807) is 29.2 Å². The molecule has 6 heteroatoms. The van der Waals surface area contributed by atoms with Gasteiger partial charge in [-0.3, -0.25) is 4.79 Å². The summed E-state index contributed by atoms with van der Waals surface area (Å²) in [6, 6.07) is 12.1. The number of aliphatic hydroxyl groups is 1. The van der Waals surface area contributed by atoms with Crippen molar-refractivity contribution in [1.29, 1.82) is 0 Å². The highest BCUT2D eigenvalue weighted by atomic mass is 19.1. The highest BCUT2D eigenvalue weighted by Crippen LogP contribution is 2.24. The first kappa shape index (κ1) is 18.5. The van der Waals surface area contributed by atoms with Gasteiger partial charge in [-0.2, -0.15) is 0 Å². The van der Waals surface area contributed by atoms with Crippen molar-refractivity contribution in [3.8, 4) is 0 Å². The standard InChI is InChI=1S/C20H22F2N2O2/c21-17-6-2-15(3-7-17)12-23-14-20(26)10-1-11-24(19(20)25)13-16-4-8-18(22)9-5-16/h2-9,23,26H,1,10-14H2/t20-/m0/s1. The zero-order valence-electron chi connectivity index (χ0n) is 14.4. The van der Waals surface area contributed by atoms with Gasteiger partial charge in [0.25, 0.3) is 5.91 Å². The van der Waals surface area contributed by atoms with Gasteiger partial charge in [-0.25, -0.2) is 8.78 Å². The van der Waals surface area contributed by atoms with Crippen LogP contribution in [0.25, 0.3) is 0 Å². The summed E-state index contributed by atoms with van der Waals surface area (Å²) in [7, 11) is 0. The number of hydrogen-bond donors (Lipinski definition) is 2. The number of halogens is 2. The van der Waals surface area contributed by atoms with E-state index in [4.69, 9.17) is 0 Å². The molecule has 1 fully saturated rings. The molecule has 0 saturated carbocycles. The molecule has 1 atom stereocenters. The van der Waals surface area contributed by atoms with Gasteiger partial charge in [-0.15, -0.1) is 0 Å². The van der Waals surface area contributed by atoms with Gasteiger partial charge in [0.05, 0.1) is 0 Å². The number of likely N-dealkylation sites (tertiary alicyclic amines) is 1. The highest BCUT2D eigenvalue weighted by molar-refractivity contribution is 5.86. The van der Waals surface area contributed by atoms with E-state index in [2.05, 4.69) is 5.32 Å². The van der Waals surface area contributed by atoms with Crippen LogP contribution >= 0.6 is 0 Å². The summed E-state index contributed by atoms with van der Waals surface area (Å²) in [5, 5.41) is 13.9. The minimum atomic E-state index is -1.46. The van der Waals surface area contributed by atoms with E-state index in [9.17, 15) is 18.7 Å². The highest BCUT2D eigenvalue weighted by Gasteiger charge is 2.41. The molecular weight excluding hydrogens is 338 g/mol. The van der Waals surface area contributed by atoms with Crippen LogP contribution < -0.4 is 5.32 Å². The lowest BCUT2D eigenvalue weighted by Crippen LogP contribution is -2.57. The molecule has 1 aliphatic heterocycles. The molecule has 0 aliphatic carbocycles. The van der Waals surface area contributed by atoms with Crippen molar-refractivity contribution in [3.05, 3.63) is 71.3 Å². The topological polar surface area (TPSA) is 52.6 Å². The first-order valence-corrected chi connectivity index (χ1v) is 8.68. The van der Waals surface area contributed by atoms with Crippen LogP contribution in [-0.4, -0.2) is 34.6 Å². The molecule has 1 amide bonds. The predicted octanol–water partition coefficient (Wildman–Crippen LogP) is 2.61. The van der Waals surface area contributed by atoms with Crippen LogP contribution in [0.4, 0.5) is 8.78 Å². The molecule has 2 aromatic rings. The molecular formula is C20H22F2N2O2. The molecule has 1 saturated heterocycles. The van der Waals surface area contributed by atoms with Gasteiger partial charge in [-0.05, 0) is 48.2 Å². The number of hydrogen-bond acceptors (Lipinski definition) is 3. The van der Waals surface area contributed by atoms with Crippen LogP contribution in [-0.2, 0) is 17.9 Å². The smallest absolute Gasteiger partial charge is 0.256 e. The average molecular weight is 360 g/mol. The maximum absolute atomic E-state index is 13.0. The lowest BCUT2D eigenvalue weighted by atomic mass is 9.91. The molecule has 0 radical (unpaired) electrons. The Bertz CT molecular complexity index is 749. The van der Waals surface area contributed by atoms with Crippen molar-refractivity contribution in [2.75, 3.05) is 13.1 Å². The van der Waals surface area contributed by atoms with Crippen molar-refractivity contribution in [1.82, 2.24) is 10.2 Å². The minimum absolute atomic E-state index is 0.128. The number of carbonyl (C=O) groups excluding carboxylic acids is 1. The van der Waals surface area contributed by atoms with Crippen LogP contribution in [0.15, 0.2) is 48.5 Å². The molecule has 0 aromatic heterocycles. The second kappa shape index (κ2) is 7.93. The Morgan fingerprint density at radius 2 is 1.58 bits per heavy atom. The molecule has 2 aromatic carbocycles. The third-order valence-corrected chi connectivity index (χ3v) is 4.65. The molecule has 1 aliphatic rings. The Hall–Kier alpha value is -2.31. The fourth-order valence-electron chi connectivity index (χ4n) is 3.21. The van der Waals surface area contributed by atoms with Gasteiger partial charge < -0.3 is 15.3 Å². The molecule has 138 valence electrons. The van der Waals surface area contributed by atoms with E-state index in [1.807, 2.05) is 0 Å². The molecule has 0 bridgehead atoms. The van der Waals surface area contributed by atoms with Crippen LogP contribution in [0.5, 0.6) is 0 Å². The number of benzene rings is 2. The summed E-state index contributed by atoms with van der Waals surface area (Å²) in [6.07, 6.45) is 1.09. The molecule has 0 spiro atoms. The van der Waals surface area contributed by atoms with E-state index in [1.165, 1.54) is 24.3 Å². The Morgan fingerprint density at radius 1 is 1.00 bits per heavy atom. The van der Waals surface area contributed by atoms with Crippen molar-refractivity contribution in [3.63, 3.8) is 0 Å². The third kappa shape index (κ3) is 4.45. The average Bonchev–Trinajstić information content (AvgIpc) is 2.63. The fourth-order valence-corrected chi connectivity index (χ4v) is 3.21. The largest absolute Gasteiger partial charge is 0.379 e. The van der Waals surface area contributed by atoms with E-state index < -0.39 is 5.60 Å². The van der Waals surface area contributed by atoms with Gasteiger partial charge in [-0.1, -0.05) is 24.3 Å². The maximum atomic E-state index is 13.0. The quantitative estimate of drug-likeness (QED) is 0.833. The van der Waals surface area contributed by atoms with Gasteiger partial charge in [0.15, 0.2) is 5.60 Å². The molecule has 1 heterocycles. The monoisotopic (exact) mass is 360 g/mol. The van der Waals surface area contributed by atoms with Crippen molar-refractivity contribution >= 4 is 5.91 Å². The van der Waals surface area contributed by atoms with Crippen LogP contribution in [0.3, 0.4) is 0 Å². The number of piperidine rings is 1. The molecule has 0 unspecified atom stereocenters. The summed E-state index contributed by atoms with van der Waals surface area (Å²) < 4.78 is 25.9. The van der Waals surface area contributed by atoms with Crippen LogP contribution in [0.2, 0.25) is 0 Å². The maximum Gasteiger partial charge on any atom is 0.256 e. The van der Waals surface area contributed by atoms with E-state index in [-0.39, 0.29) is 24.1 Å². The number of nitrogens with zero attached hydrogens (tertiary/aromatic N) is 1. The SMILES string of the molecule is O=C1N(Cc2ccc(F)cc2)CCC[C@]1(O)CNCc1ccc(F)cc1. The number of nitrogens with one attached hydrogen (secondary N) is 1. The first-order valence-electron chi connectivity index (χ1n) is 8.68. The van der Waals surface area contributed by atoms with Gasteiger partial charge in [0, 0.05) is 26.2 Å². The van der Waals surface area contributed by atoms with Gasteiger partial charge >= 0.3 is 0 Å². The van der Waals surface area contributed by atoms with Crippen molar-refractivity contribution in [2.45, 2.75) is 31.5 Å². The predicted molar refractivity (Wildman–Crippen MR) is 94.1 cm³/mol. The Kier molecular flexibility index (Phi) is 5.64. The molecule has 3 rings (SSSR count). The third-order valence-electron chi connectivity index (χ3n) is 4.65. The first-order chi connectivity index (χ1) is 12.5. The summed E-state index contributed by atoms with van der Waals surface area (Å²) in [4.78, 5) is 14.3. The van der Waals surface area contributed by atoms with E-state index in [0.717, 1.165) is 11.1 Å². The summed E-state index contributed by atoms with van der Waals surface area (Å²) >= 11 is 0. The van der Waals surface area contributed by atoms with Gasteiger partial charge in [0.1, 0.15) is 11.6 Å². The van der Waals surface area contributed by atoms with E-state index in [0.29, 0.717) is 32.5 Å². The zero-order chi connectivity index (χ0) is 18.6. The van der Waals surface area contributed by atoms with Crippen LogP contribution in [0.1, 0.15) is 24.0 Å². The molecule has 26 heavy (non-hydrogen) atoms. The second-order valence-corrected chi connectivity index (χ2v) is 6.72. The number of carbonyl (C=O) groups is 1. The lowest BCUT2D eigenvalue weighted by Gasteiger charge is -2.38. The summed E-state index contributed by atoms with van der Waals surface area (Å²) in [5.41, 5.74) is 0.239. The normalized spacial score (nSPS) is 20.4. The molecule has 2 N–H and O–H groups in total. The second-order valence-electron chi connectivity index (χ2n) is 6.72. The minimum Gasteiger partial charge on any atom is -0.379 e. The Labute approximate surface area is 151 Å². The molecule has 4 nitrogen and oxygen atoms in total. The van der Waals surface area contributed by atoms with Gasteiger partial charge in [0.2, 0.25) is 0 Å². The zero-order valence-corrected chi connectivity index (χ0v) is 14.4. The Morgan fingerprint density at radius 3 is 2.19 bits per heavy atom. The van der Waals surface area contributed by atoms with E-state index >= 15 is 0 Å². The number of amides is 1. The number of rotatable bonds is 6. The van der Waals surface area contributed by atoms with Crippen molar-refractivity contribution in [2.24, 2.45) is 0 Å². The van der Waals surface area contributed by atoms with Crippen LogP contribution in [0, 0.1) is 11.6 Å².